The average Bonchev–Trinajstić information content (AvgIpc) is 3.02. The van der Waals surface area contributed by atoms with Crippen LogP contribution >= 0.6 is 0 Å². The van der Waals surface area contributed by atoms with E-state index in [9.17, 15) is 0 Å². The van der Waals surface area contributed by atoms with Gasteiger partial charge in [-0.2, -0.15) is 4.98 Å². The van der Waals surface area contributed by atoms with E-state index in [-0.39, 0.29) is 6.04 Å². The summed E-state index contributed by atoms with van der Waals surface area (Å²) in [7, 11) is 0. The molecule has 1 N–H and O–H groups in total. The number of hydrogen-bond acceptors (Lipinski definition) is 5. The standard InChI is InChI=1S/C10H11N3O2/c1-2-8(11-4-1)10-12-9(13-15-10)7-3-5-14-6-7/h3,5-6,8,11H,1-2,4H2/t8-/m1/s1. The number of aromatic nitrogens is 2. The smallest absolute Gasteiger partial charge is 0.244 e. The van der Waals surface area contributed by atoms with Crippen molar-refractivity contribution in [3.63, 3.8) is 0 Å². The maximum absolute atomic E-state index is 5.21. The van der Waals surface area contributed by atoms with Crippen LogP contribution in [0.5, 0.6) is 0 Å². The lowest BCUT2D eigenvalue weighted by molar-refractivity contribution is 0.345. The second kappa shape index (κ2) is 3.51. The molecule has 0 amide bonds. The summed E-state index contributed by atoms with van der Waals surface area (Å²) in [6.07, 6.45) is 5.43. The fourth-order valence-corrected chi connectivity index (χ4v) is 1.78. The number of nitrogens with one attached hydrogen (secondary N) is 1. The van der Waals surface area contributed by atoms with E-state index in [2.05, 4.69) is 15.5 Å². The minimum Gasteiger partial charge on any atom is -0.472 e. The number of furan rings is 1. The van der Waals surface area contributed by atoms with E-state index in [0.717, 1.165) is 24.9 Å². The van der Waals surface area contributed by atoms with Gasteiger partial charge >= 0.3 is 0 Å². The van der Waals surface area contributed by atoms with Gasteiger partial charge in [0.25, 0.3) is 0 Å². The summed E-state index contributed by atoms with van der Waals surface area (Å²) in [4.78, 5) is 4.33. The lowest BCUT2D eigenvalue weighted by Crippen LogP contribution is -2.12. The van der Waals surface area contributed by atoms with E-state index < -0.39 is 0 Å². The molecule has 0 unspecified atom stereocenters. The van der Waals surface area contributed by atoms with Crippen LogP contribution in [0, 0.1) is 0 Å². The first-order chi connectivity index (χ1) is 7.43. The summed E-state index contributed by atoms with van der Waals surface area (Å²) in [6, 6.07) is 2.04. The Morgan fingerprint density at radius 1 is 1.47 bits per heavy atom. The van der Waals surface area contributed by atoms with Crippen molar-refractivity contribution in [3.05, 3.63) is 24.5 Å². The van der Waals surface area contributed by atoms with Gasteiger partial charge in [-0.05, 0) is 25.5 Å². The lowest BCUT2D eigenvalue weighted by atomic mass is 10.2. The van der Waals surface area contributed by atoms with Crippen molar-refractivity contribution in [2.75, 3.05) is 6.54 Å². The van der Waals surface area contributed by atoms with Crippen LogP contribution < -0.4 is 5.32 Å². The molecule has 0 aliphatic carbocycles. The normalized spacial score (nSPS) is 20.9. The zero-order chi connectivity index (χ0) is 10.1. The van der Waals surface area contributed by atoms with Gasteiger partial charge in [-0.1, -0.05) is 5.16 Å². The summed E-state index contributed by atoms with van der Waals surface area (Å²) in [5, 5.41) is 7.23. The maximum Gasteiger partial charge on any atom is 0.244 e. The molecule has 5 heteroatoms. The zero-order valence-electron chi connectivity index (χ0n) is 8.14. The molecule has 1 aliphatic rings. The molecule has 15 heavy (non-hydrogen) atoms. The van der Waals surface area contributed by atoms with Gasteiger partial charge in [-0.15, -0.1) is 0 Å². The van der Waals surface area contributed by atoms with Crippen molar-refractivity contribution in [2.24, 2.45) is 0 Å². The zero-order valence-corrected chi connectivity index (χ0v) is 8.14. The number of nitrogens with zero attached hydrogens (tertiary/aromatic N) is 2. The van der Waals surface area contributed by atoms with Gasteiger partial charge in [0.2, 0.25) is 11.7 Å². The first kappa shape index (κ1) is 8.67. The minimum atomic E-state index is 0.221. The predicted octanol–water partition coefficient (Wildman–Crippen LogP) is 1.75. The molecule has 0 radical (unpaired) electrons. The van der Waals surface area contributed by atoms with Crippen LogP contribution in [0.25, 0.3) is 11.4 Å². The molecule has 78 valence electrons. The monoisotopic (exact) mass is 205 g/mol. The van der Waals surface area contributed by atoms with Gasteiger partial charge in [-0.25, -0.2) is 0 Å². The molecule has 0 bridgehead atoms. The highest BCUT2D eigenvalue weighted by molar-refractivity contribution is 5.51. The predicted molar refractivity (Wildman–Crippen MR) is 52.0 cm³/mol. The van der Waals surface area contributed by atoms with E-state index >= 15 is 0 Å². The highest BCUT2D eigenvalue weighted by Gasteiger charge is 2.22. The van der Waals surface area contributed by atoms with Crippen molar-refractivity contribution in [1.82, 2.24) is 15.5 Å². The molecular formula is C10H11N3O2. The van der Waals surface area contributed by atoms with Gasteiger partial charge in [0.05, 0.1) is 17.9 Å². The number of hydrogen-bond donors (Lipinski definition) is 1. The first-order valence-electron chi connectivity index (χ1n) is 5.03. The maximum atomic E-state index is 5.21. The summed E-state index contributed by atoms with van der Waals surface area (Å²) in [5.74, 6) is 1.26. The largest absolute Gasteiger partial charge is 0.472 e. The molecule has 1 atom stereocenters. The Kier molecular flexibility index (Phi) is 2.03. The quantitative estimate of drug-likeness (QED) is 0.809. The molecule has 0 spiro atoms. The highest BCUT2D eigenvalue weighted by atomic mass is 16.5. The third-order valence-corrected chi connectivity index (χ3v) is 2.58. The average molecular weight is 205 g/mol. The Bertz CT molecular complexity index is 429. The van der Waals surface area contributed by atoms with E-state index in [0.29, 0.717) is 11.7 Å². The molecule has 2 aromatic rings. The number of rotatable bonds is 2. The van der Waals surface area contributed by atoms with Gasteiger partial charge in [0, 0.05) is 0 Å². The molecule has 0 saturated carbocycles. The van der Waals surface area contributed by atoms with Crippen LogP contribution in [0.3, 0.4) is 0 Å². The van der Waals surface area contributed by atoms with E-state index in [1.54, 1.807) is 12.5 Å². The van der Waals surface area contributed by atoms with Crippen LogP contribution in [0.4, 0.5) is 0 Å². The molecule has 2 aromatic heterocycles. The fourth-order valence-electron chi connectivity index (χ4n) is 1.78. The fraction of sp³-hybridized carbons (Fsp3) is 0.400. The second-order valence-electron chi connectivity index (χ2n) is 3.62. The van der Waals surface area contributed by atoms with Crippen molar-refractivity contribution in [1.29, 1.82) is 0 Å². The van der Waals surface area contributed by atoms with Gasteiger partial charge < -0.3 is 14.3 Å². The molecule has 0 aromatic carbocycles. The molecule has 3 heterocycles. The van der Waals surface area contributed by atoms with E-state index in [1.165, 1.54) is 0 Å². The van der Waals surface area contributed by atoms with Crippen LogP contribution in [0.2, 0.25) is 0 Å². The lowest BCUT2D eigenvalue weighted by Gasteiger charge is -2.01. The summed E-state index contributed by atoms with van der Waals surface area (Å²) >= 11 is 0. The van der Waals surface area contributed by atoms with Crippen LogP contribution in [0.15, 0.2) is 27.5 Å². The Balaban J connectivity index is 1.87. The van der Waals surface area contributed by atoms with Crippen molar-refractivity contribution in [3.8, 4) is 11.4 Å². The third-order valence-electron chi connectivity index (χ3n) is 2.58. The Morgan fingerprint density at radius 2 is 2.47 bits per heavy atom. The molecule has 3 rings (SSSR count). The summed E-state index contributed by atoms with van der Waals surface area (Å²) in [6.45, 7) is 1.02. The van der Waals surface area contributed by atoms with Gasteiger partial charge in [-0.3, -0.25) is 0 Å². The van der Waals surface area contributed by atoms with Gasteiger partial charge in [0.1, 0.15) is 6.26 Å². The highest BCUT2D eigenvalue weighted by Crippen LogP contribution is 2.24. The molecule has 1 saturated heterocycles. The van der Waals surface area contributed by atoms with Crippen molar-refractivity contribution >= 4 is 0 Å². The van der Waals surface area contributed by atoms with Crippen LogP contribution in [-0.2, 0) is 0 Å². The Hall–Kier alpha value is -1.62. The Morgan fingerprint density at radius 3 is 3.20 bits per heavy atom. The second-order valence-corrected chi connectivity index (χ2v) is 3.62. The topological polar surface area (TPSA) is 64.1 Å². The van der Waals surface area contributed by atoms with Crippen LogP contribution in [-0.4, -0.2) is 16.7 Å². The van der Waals surface area contributed by atoms with Crippen molar-refractivity contribution < 1.29 is 8.94 Å². The van der Waals surface area contributed by atoms with E-state index in [4.69, 9.17) is 8.94 Å². The summed E-state index contributed by atoms with van der Waals surface area (Å²) in [5.41, 5.74) is 0.850. The SMILES string of the molecule is c1cc(-c2noc([C@H]3CCCN3)n2)co1. The third kappa shape index (κ3) is 1.55. The Labute approximate surface area is 86.5 Å². The van der Waals surface area contributed by atoms with E-state index in [1.807, 2.05) is 6.07 Å². The minimum absolute atomic E-state index is 0.221. The molecule has 1 aliphatic heterocycles. The summed E-state index contributed by atoms with van der Waals surface area (Å²) < 4.78 is 10.2. The van der Waals surface area contributed by atoms with Crippen molar-refractivity contribution in [2.45, 2.75) is 18.9 Å². The molecule has 5 nitrogen and oxygen atoms in total. The molecule has 1 fully saturated rings. The van der Waals surface area contributed by atoms with Crippen LogP contribution in [0.1, 0.15) is 24.8 Å². The molecular weight excluding hydrogens is 194 g/mol. The first-order valence-corrected chi connectivity index (χ1v) is 5.03. The van der Waals surface area contributed by atoms with Gasteiger partial charge in [0.15, 0.2) is 0 Å².